The first-order valence-electron chi connectivity index (χ1n) is 8.38. The van der Waals surface area contributed by atoms with Gasteiger partial charge >= 0.3 is 0 Å². The fraction of sp³-hybridized carbons (Fsp3) is 0.250. The van der Waals surface area contributed by atoms with E-state index in [0.717, 1.165) is 29.1 Å². The van der Waals surface area contributed by atoms with Crippen LogP contribution in [0.4, 0.5) is 0 Å². The van der Waals surface area contributed by atoms with Gasteiger partial charge in [0.05, 0.1) is 10.7 Å². The van der Waals surface area contributed by atoms with Gasteiger partial charge in [0.25, 0.3) is 0 Å². The molecule has 0 aliphatic rings. The second kappa shape index (κ2) is 8.53. The van der Waals surface area contributed by atoms with Gasteiger partial charge in [-0.25, -0.2) is 4.98 Å². The van der Waals surface area contributed by atoms with Gasteiger partial charge in [-0.15, -0.1) is 11.3 Å². The van der Waals surface area contributed by atoms with Gasteiger partial charge < -0.3 is 5.32 Å². The molecule has 25 heavy (non-hydrogen) atoms. The summed E-state index contributed by atoms with van der Waals surface area (Å²) < 4.78 is 0. The second-order valence-electron chi connectivity index (χ2n) is 5.95. The Morgan fingerprint density at radius 1 is 1.16 bits per heavy atom. The zero-order valence-corrected chi connectivity index (χ0v) is 15.1. The number of amides is 1. The third kappa shape index (κ3) is 5.22. The molecule has 3 rings (SSSR count). The number of thiazole rings is 1. The lowest BCUT2D eigenvalue weighted by Crippen LogP contribution is -2.25. The molecule has 4 nitrogen and oxygen atoms in total. The number of pyridine rings is 1. The fourth-order valence-corrected chi connectivity index (χ4v) is 3.41. The molecule has 0 unspecified atom stereocenters. The number of nitrogens with one attached hydrogen (secondary N) is 1. The van der Waals surface area contributed by atoms with Crippen LogP contribution in [0.1, 0.15) is 22.6 Å². The molecule has 5 heteroatoms. The highest BCUT2D eigenvalue weighted by Crippen LogP contribution is 2.21. The van der Waals surface area contributed by atoms with Crippen molar-refractivity contribution in [3.05, 3.63) is 70.3 Å². The van der Waals surface area contributed by atoms with Gasteiger partial charge in [-0.2, -0.15) is 0 Å². The molecular weight excluding hydrogens is 330 g/mol. The van der Waals surface area contributed by atoms with E-state index in [0.29, 0.717) is 13.0 Å². The summed E-state index contributed by atoms with van der Waals surface area (Å²) in [5.41, 5.74) is 4.47. The Hall–Kier alpha value is -2.53. The number of nitrogens with zero attached hydrogens (tertiary/aromatic N) is 2. The lowest BCUT2D eigenvalue weighted by Gasteiger charge is -2.05. The van der Waals surface area contributed by atoms with Crippen LogP contribution in [0.25, 0.3) is 11.3 Å². The molecule has 0 aliphatic carbocycles. The Balaban J connectivity index is 1.42. The van der Waals surface area contributed by atoms with E-state index >= 15 is 0 Å². The molecule has 2 aromatic heterocycles. The third-order valence-electron chi connectivity index (χ3n) is 3.91. The van der Waals surface area contributed by atoms with Crippen LogP contribution in [-0.4, -0.2) is 22.4 Å². The van der Waals surface area contributed by atoms with E-state index in [4.69, 9.17) is 0 Å². The van der Waals surface area contributed by atoms with Crippen molar-refractivity contribution < 1.29 is 4.79 Å². The summed E-state index contributed by atoms with van der Waals surface area (Å²) in [7, 11) is 0. The van der Waals surface area contributed by atoms with Crippen LogP contribution in [-0.2, 0) is 17.6 Å². The number of hydrogen-bond donors (Lipinski definition) is 1. The first-order valence-corrected chi connectivity index (χ1v) is 9.26. The number of carbonyl (C=O) groups is 1. The Kier molecular flexibility index (Phi) is 5.90. The van der Waals surface area contributed by atoms with Crippen LogP contribution < -0.4 is 5.32 Å². The molecule has 1 amide bonds. The molecule has 0 bridgehead atoms. The maximum absolute atomic E-state index is 12.0. The van der Waals surface area contributed by atoms with Gasteiger partial charge in [-0.1, -0.05) is 29.8 Å². The van der Waals surface area contributed by atoms with Crippen LogP contribution in [0.3, 0.4) is 0 Å². The van der Waals surface area contributed by atoms with Crippen LogP contribution in [0.5, 0.6) is 0 Å². The molecule has 0 fully saturated rings. The second-order valence-corrected chi connectivity index (χ2v) is 6.89. The van der Waals surface area contributed by atoms with Gasteiger partial charge in [-0.3, -0.25) is 9.78 Å². The Bertz CT molecular complexity index is 830. The van der Waals surface area contributed by atoms with Crippen molar-refractivity contribution in [1.29, 1.82) is 0 Å². The summed E-state index contributed by atoms with van der Waals surface area (Å²) in [4.78, 5) is 20.6. The van der Waals surface area contributed by atoms with Crippen molar-refractivity contribution in [2.45, 2.75) is 26.2 Å². The highest BCUT2D eigenvalue weighted by atomic mass is 32.1. The minimum absolute atomic E-state index is 0.0902. The predicted octanol–water partition coefficient (Wildman–Crippen LogP) is 3.81. The van der Waals surface area contributed by atoms with Crippen molar-refractivity contribution in [2.24, 2.45) is 0 Å². The summed E-state index contributed by atoms with van der Waals surface area (Å²) >= 11 is 1.63. The predicted molar refractivity (Wildman–Crippen MR) is 102 cm³/mol. The standard InChI is InChI=1S/C20H21N3OS/c1-15-3-2-4-16(13-15)5-6-19(24)22-12-9-20-23-18(14-25-20)17-7-10-21-11-8-17/h2-4,7-8,10-11,13-14H,5-6,9,12H2,1H3,(H,22,24). The number of aryl methyl sites for hydroxylation is 2. The maximum atomic E-state index is 12.0. The van der Waals surface area contributed by atoms with Crippen molar-refractivity contribution in [1.82, 2.24) is 15.3 Å². The highest BCUT2D eigenvalue weighted by Gasteiger charge is 2.06. The molecule has 3 aromatic rings. The zero-order chi connectivity index (χ0) is 17.5. The first kappa shape index (κ1) is 17.3. The van der Waals surface area contributed by atoms with Gasteiger partial charge in [0, 0.05) is 42.7 Å². The molecule has 2 heterocycles. The molecule has 0 atom stereocenters. The highest BCUT2D eigenvalue weighted by molar-refractivity contribution is 7.09. The molecular formula is C20H21N3OS. The van der Waals surface area contributed by atoms with E-state index in [2.05, 4.69) is 40.4 Å². The first-order chi connectivity index (χ1) is 12.2. The van der Waals surface area contributed by atoms with E-state index in [9.17, 15) is 4.79 Å². The largest absolute Gasteiger partial charge is 0.356 e. The van der Waals surface area contributed by atoms with E-state index in [1.807, 2.05) is 23.6 Å². The summed E-state index contributed by atoms with van der Waals surface area (Å²) in [6.45, 7) is 2.69. The molecule has 0 saturated heterocycles. The van der Waals surface area contributed by atoms with Crippen LogP contribution in [0.15, 0.2) is 54.2 Å². The molecule has 128 valence electrons. The summed E-state index contributed by atoms with van der Waals surface area (Å²) in [5.74, 6) is 0.0902. The lowest BCUT2D eigenvalue weighted by molar-refractivity contribution is -0.121. The third-order valence-corrected chi connectivity index (χ3v) is 4.82. The molecule has 0 saturated carbocycles. The number of aromatic nitrogens is 2. The van der Waals surface area contributed by atoms with E-state index < -0.39 is 0 Å². The van der Waals surface area contributed by atoms with Crippen molar-refractivity contribution in [2.75, 3.05) is 6.54 Å². The van der Waals surface area contributed by atoms with Gasteiger partial charge in [0.2, 0.25) is 5.91 Å². The van der Waals surface area contributed by atoms with E-state index in [1.165, 1.54) is 11.1 Å². The number of hydrogen-bond acceptors (Lipinski definition) is 4. The molecule has 0 spiro atoms. The summed E-state index contributed by atoms with van der Waals surface area (Å²) in [5, 5.41) is 6.06. The van der Waals surface area contributed by atoms with Crippen LogP contribution >= 0.6 is 11.3 Å². The zero-order valence-electron chi connectivity index (χ0n) is 14.2. The van der Waals surface area contributed by atoms with Crippen molar-refractivity contribution >= 4 is 17.2 Å². The SMILES string of the molecule is Cc1cccc(CCC(=O)NCCc2nc(-c3ccncc3)cs2)c1. The lowest BCUT2D eigenvalue weighted by atomic mass is 10.1. The monoisotopic (exact) mass is 351 g/mol. The smallest absolute Gasteiger partial charge is 0.220 e. The van der Waals surface area contributed by atoms with Gasteiger partial charge in [-0.05, 0) is 31.0 Å². The average molecular weight is 351 g/mol. The summed E-state index contributed by atoms with van der Waals surface area (Å²) in [6, 6.07) is 12.2. The van der Waals surface area contributed by atoms with E-state index in [-0.39, 0.29) is 5.91 Å². The average Bonchev–Trinajstić information content (AvgIpc) is 3.10. The normalized spacial score (nSPS) is 10.6. The topological polar surface area (TPSA) is 54.9 Å². The minimum atomic E-state index is 0.0902. The minimum Gasteiger partial charge on any atom is -0.356 e. The molecule has 1 N–H and O–H groups in total. The Morgan fingerprint density at radius 2 is 2.00 bits per heavy atom. The number of benzene rings is 1. The number of rotatable bonds is 7. The molecule has 0 radical (unpaired) electrons. The Labute approximate surface area is 152 Å². The summed E-state index contributed by atoms with van der Waals surface area (Å²) in [6.07, 6.45) is 5.58. The van der Waals surface area contributed by atoms with Gasteiger partial charge in [0.1, 0.15) is 0 Å². The quantitative estimate of drug-likeness (QED) is 0.704. The molecule has 1 aromatic carbocycles. The van der Waals surface area contributed by atoms with Crippen LogP contribution in [0.2, 0.25) is 0 Å². The van der Waals surface area contributed by atoms with Gasteiger partial charge in [0.15, 0.2) is 0 Å². The van der Waals surface area contributed by atoms with Crippen LogP contribution in [0, 0.1) is 6.92 Å². The fourth-order valence-electron chi connectivity index (χ4n) is 2.60. The van der Waals surface area contributed by atoms with Crippen molar-refractivity contribution in [3.63, 3.8) is 0 Å². The molecule has 0 aliphatic heterocycles. The van der Waals surface area contributed by atoms with Crippen molar-refractivity contribution in [3.8, 4) is 11.3 Å². The van der Waals surface area contributed by atoms with E-state index in [1.54, 1.807) is 23.7 Å². The maximum Gasteiger partial charge on any atom is 0.220 e. The number of carbonyl (C=O) groups excluding carboxylic acids is 1. The Morgan fingerprint density at radius 3 is 2.80 bits per heavy atom.